The molecule has 1 aromatic carbocycles. The summed E-state index contributed by atoms with van der Waals surface area (Å²) in [4.78, 5) is 27.4. The maximum Gasteiger partial charge on any atom is 0.247 e. The summed E-state index contributed by atoms with van der Waals surface area (Å²) in [7, 11) is 0. The molecular formula is C14H14N2O2S2. The third kappa shape index (κ3) is 2.23. The van der Waals surface area contributed by atoms with Crippen LogP contribution in [-0.2, 0) is 16.0 Å². The molecule has 1 aromatic rings. The molecule has 2 amide bonds. The number of fused-ring (bicyclic) bond motifs is 1. The number of thiocarbonyl (C=S) groups is 1. The van der Waals surface area contributed by atoms with Gasteiger partial charge in [0.2, 0.25) is 11.8 Å². The van der Waals surface area contributed by atoms with Crippen LogP contribution in [0.25, 0.3) is 0 Å². The van der Waals surface area contributed by atoms with Crippen molar-refractivity contribution in [2.45, 2.75) is 19.4 Å². The van der Waals surface area contributed by atoms with Crippen molar-refractivity contribution in [2.24, 2.45) is 0 Å². The predicted molar refractivity (Wildman–Crippen MR) is 83.9 cm³/mol. The maximum atomic E-state index is 12.5. The lowest BCUT2D eigenvalue weighted by Gasteiger charge is -2.25. The highest BCUT2D eigenvalue weighted by atomic mass is 32.2. The molecule has 1 unspecified atom stereocenters. The zero-order chi connectivity index (χ0) is 14.3. The number of benzene rings is 1. The van der Waals surface area contributed by atoms with Crippen LogP contribution < -0.4 is 4.90 Å². The van der Waals surface area contributed by atoms with Crippen molar-refractivity contribution in [3.8, 4) is 0 Å². The normalized spacial score (nSPS) is 21.6. The molecule has 0 N–H and O–H groups in total. The summed E-state index contributed by atoms with van der Waals surface area (Å²) in [5, 5.41) is 0. The molecular weight excluding hydrogens is 292 g/mol. The average Bonchev–Trinajstić information content (AvgIpc) is 2.91. The number of carbonyl (C=O) groups is 2. The number of hydrogen-bond donors (Lipinski definition) is 0. The van der Waals surface area contributed by atoms with Gasteiger partial charge >= 0.3 is 0 Å². The highest BCUT2D eigenvalue weighted by Gasteiger charge is 2.34. The summed E-state index contributed by atoms with van der Waals surface area (Å²) in [6, 6.07) is 8.03. The van der Waals surface area contributed by atoms with Gasteiger partial charge in [-0.3, -0.25) is 14.5 Å². The average molecular weight is 306 g/mol. The third-order valence-electron chi connectivity index (χ3n) is 3.61. The molecule has 2 aliphatic heterocycles. The fourth-order valence-corrected chi connectivity index (χ4v) is 3.76. The Morgan fingerprint density at radius 3 is 2.90 bits per heavy atom. The van der Waals surface area contributed by atoms with Crippen molar-refractivity contribution >= 4 is 45.8 Å². The molecule has 0 saturated carbocycles. The summed E-state index contributed by atoms with van der Waals surface area (Å²) in [6.45, 7) is 2.07. The summed E-state index contributed by atoms with van der Waals surface area (Å²) in [5.74, 6) is 0.201. The van der Waals surface area contributed by atoms with Crippen molar-refractivity contribution in [1.29, 1.82) is 0 Å². The highest BCUT2D eigenvalue weighted by molar-refractivity contribution is 8.23. The minimum Gasteiger partial charge on any atom is -0.307 e. The topological polar surface area (TPSA) is 40.6 Å². The molecule has 0 spiro atoms. The van der Waals surface area contributed by atoms with Gasteiger partial charge in [-0.25, -0.2) is 0 Å². The van der Waals surface area contributed by atoms with Crippen molar-refractivity contribution in [3.05, 3.63) is 29.8 Å². The first-order valence-corrected chi connectivity index (χ1v) is 7.84. The highest BCUT2D eigenvalue weighted by Crippen LogP contribution is 2.32. The van der Waals surface area contributed by atoms with Gasteiger partial charge < -0.3 is 4.90 Å². The Morgan fingerprint density at radius 1 is 1.45 bits per heavy atom. The van der Waals surface area contributed by atoms with Crippen LogP contribution in [0.2, 0.25) is 0 Å². The Hall–Kier alpha value is -1.40. The Balaban J connectivity index is 1.81. The van der Waals surface area contributed by atoms with Crippen molar-refractivity contribution in [1.82, 2.24) is 4.90 Å². The van der Waals surface area contributed by atoms with E-state index in [0.717, 1.165) is 12.1 Å². The van der Waals surface area contributed by atoms with Crippen LogP contribution in [0, 0.1) is 0 Å². The zero-order valence-corrected chi connectivity index (χ0v) is 12.7. The number of anilines is 1. The molecule has 0 radical (unpaired) electrons. The molecule has 1 saturated heterocycles. The molecule has 104 valence electrons. The molecule has 1 fully saturated rings. The second-order valence-corrected chi connectivity index (χ2v) is 6.59. The van der Waals surface area contributed by atoms with Crippen LogP contribution in [0.5, 0.6) is 0 Å². The molecule has 0 aromatic heterocycles. The predicted octanol–water partition coefficient (Wildman–Crippen LogP) is 1.82. The molecule has 6 heteroatoms. The minimum atomic E-state index is -0.0755. The van der Waals surface area contributed by atoms with E-state index in [1.54, 1.807) is 4.90 Å². The zero-order valence-electron chi connectivity index (χ0n) is 11.0. The van der Waals surface area contributed by atoms with E-state index >= 15 is 0 Å². The maximum absolute atomic E-state index is 12.5. The summed E-state index contributed by atoms with van der Waals surface area (Å²) in [6.07, 6.45) is 0.856. The van der Waals surface area contributed by atoms with E-state index in [-0.39, 0.29) is 24.4 Å². The fraction of sp³-hybridized carbons (Fsp3) is 0.357. The Bertz CT molecular complexity index is 587. The standard InChI is InChI=1S/C14H14N2O2S2/c1-9-6-10-4-2-3-5-11(10)16(9)12(17)7-15-13(18)8-20-14(15)19/h2-5,9H,6-8H2,1H3. The van der Waals surface area contributed by atoms with Crippen molar-refractivity contribution < 1.29 is 9.59 Å². The molecule has 2 aliphatic rings. The van der Waals surface area contributed by atoms with Crippen LogP contribution in [0.1, 0.15) is 12.5 Å². The number of carbonyl (C=O) groups excluding carboxylic acids is 2. The Morgan fingerprint density at radius 2 is 2.20 bits per heavy atom. The van der Waals surface area contributed by atoms with Gasteiger partial charge in [0.25, 0.3) is 0 Å². The lowest BCUT2D eigenvalue weighted by molar-refractivity contribution is -0.128. The number of para-hydroxylation sites is 1. The van der Waals surface area contributed by atoms with Gasteiger partial charge in [-0.05, 0) is 25.0 Å². The smallest absolute Gasteiger partial charge is 0.247 e. The van der Waals surface area contributed by atoms with Gasteiger partial charge in [0, 0.05) is 11.7 Å². The van der Waals surface area contributed by atoms with Gasteiger partial charge in [0.1, 0.15) is 10.9 Å². The van der Waals surface area contributed by atoms with Gasteiger partial charge in [-0.2, -0.15) is 0 Å². The lowest BCUT2D eigenvalue weighted by Crippen LogP contribution is -2.44. The monoisotopic (exact) mass is 306 g/mol. The molecule has 2 heterocycles. The van der Waals surface area contributed by atoms with Crippen LogP contribution in [0.4, 0.5) is 5.69 Å². The first-order valence-electron chi connectivity index (χ1n) is 6.45. The van der Waals surface area contributed by atoms with E-state index in [2.05, 4.69) is 0 Å². The van der Waals surface area contributed by atoms with Gasteiger partial charge in [0.05, 0.1) is 5.75 Å². The van der Waals surface area contributed by atoms with Crippen LogP contribution in [0.3, 0.4) is 0 Å². The molecule has 1 atom stereocenters. The van der Waals surface area contributed by atoms with Gasteiger partial charge in [-0.15, -0.1) is 0 Å². The van der Waals surface area contributed by atoms with Crippen molar-refractivity contribution in [3.63, 3.8) is 0 Å². The fourth-order valence-electron chi connectivity index (χ4n) is 2.69. The Labute approximate surface area is 127 Å². The first-order chi connectivity index (χ1) is 9.58. The van der Waals surface area contributed by atoms with Crippen molar-refractivity contribution in [2.75, 3.05) is 17.2 Å². The number of thioether (sulfide) groups is 1. The summed E-state index contributed by atoms with van der Waals surface area (Å²) < 4.78 is 0.503. The van der Waals surface area contributed by atoms with Crippen LogP contribution in [0.15, 0.2) is 24.3 Å². The minimum absolute atomic E-state index is 0.0450. The largest absolute Gasteiger partial charge is 0.307 e. The van der Waals surface area contributed by atoms with E-state index in [4.69, 9.17) is 12.2 Å². The van der Waals surface area contributed by atoms with Gasteiger partial charge in [0.15, 0.2) is 0 Å². The van der Waals surface area contributed by atoms with E-state index in [0.29, 0.717) is 10.1 Å². The van der Waals surface area contributed by atoms with E-state index in [1.807, 2.05) is 31.2 Å². The van der Waals surface area contributed by atoms with E-state index in [1.165, 1.54) is 22.2 Å². The van der Waals surface area contributed by atoms with Crippen LogP contribution >= 0.6 is 24.0 Å². The lowest BCUT2D eigenvalue weighted by atomic mass is 10.1. The van der Waals surface area contributed by atoms with E-state index in [9.17, 15) is 9.59 Å². The van der Waals surface area contributed by atoms with Gasteiger partial charge in [-0.1, -0.05) is 42.2 Å². The second kappa shape index (κ2) is 5.18. The molecule has 0 aliphatic carbocycles. The van der Waals surface area contributed by atoms with E-state index < -0.39 is 0 Å². The molecule has 3 rings (SSSR count). The molecule has 20 heavy (non-hydrogen) atoms. The third-order valence-corrected chi connectivity index (χ3v) is 5.04. The quantitative estimate of drug-likeness (QED) is 0.782. The number of amides is 2. The second-order valence-electron chi connectivity index (χ2n) is 4.98. The first kappa shape index (κ1) is 13.6. The Kier molecular flexibility index (Phi) is 3.52. The SMILES string of the molecule is CC1Cc2ccccc2N1C(=O)CN1C(=O)CSC1=S. The molecule has 0 bridgehead atoms. The molecule has 4 nitrogen and oxygen atoms in total. The summed E-state index contributed by atoms with van der Waals surface area (Å²) in [5.41, 5.74) is 2.13. The number of rotatable bonds is 2. The van der Waals surface area contributed by atoms with Crippen LogP contribution in [-0.4, -0.2) is 39.4 Å². The number of hydrogen-bond acceptors (Lipinski definition) is 4. The number of nitrogens with zero attached hydrogens (tertiary/aromatic N) is 2. The summed E-state index contributed by atoms with van der Waals surface area (Å²) >= 11 is 6.44.